The number of furan rings is 1. The number of fused-ring (bicyclic) bond motifs is 1. The Balaban J connectivity index is 2.15. The Morgan fingerprint density at radius 3 is 2.65 bits per heavy atom. The number of hydrogen-bond acceptors (Lipinski definition) is 3. The van der Waals surface area contributed by atoms with Crippen LogP contribution >= 0.6 is 0 Å². The second-order valence-corrected chi connectivity index (χ2v) is 6.20. The molecule has 2 rings (SSSR count). The zero-order chi connectivity index (χ0) is 14.8. The molecule has 4 nitrogen and oxygen atoms in total. The van der Waals surface area contributed by atoms with Crippen LogP contribution in [0.15, 0.2) is 28.7 Å². The smallest absolute Gasteiger partial charge is 0.372 e. The molecule has 108 valence electrons. The molecule has 0 saturated carbocycles. The van der Waals surface area contributed by atoms with Crippen LogP contribution in [0.2, 0.25) is 0 Å². The van der Waals surface area contributed by atoms with Crippen LogP contribution in [0.4, 0.5) is 0 Å². The Kier molecular flexibility index (Phi) is 4.14. The third kappa shape index (κ3) is 3.39. The van der Waals surface area contributed by atoms with Crippen molar-refractivity contribution in [2.45, 2.75) is 33.7 Å². The molecule has 0 amide bonds. The lowest BCUT2D eigenvalue weighted by Crippen LogP contribution is -2.21. The van der Waals surface area contributed by atoms with Crippen LogP contribution in [0, 0.1) is 5.41 Å². The summed E-state index contributed by atoms with van der Waals surface area (Å²) in [6.07, 6.45) is 1.03. The maximum atomic E-state index is 11.3. The molecule has 20 heavy (non-hydrogen) atoms. The second kappa shape index (κ2) is 5.67. The van der Waals surface area contributed by atoms with E-state index in [1.165, 1.54) is 0 Å². The van der Waals surface area contributed by atoms with E-state index in [1.54, 1.807) is 6.07 Å². The Morgan fingerprint density at radius 2 is 2.00 bits per heavy atom. The van der Waals surface area contributed by atoms with Gasteiger partial charge in [-0.2, -0.15) is 0 Å². The van der Waals surface area contributed by atoms with Crippen LogP contribution in [-0.4, -0.2) is 17.6 Å². The average Bonchev–Trinajstić information content (AvgIpc) is 2.72. The van der Waals surface area contributed by atoms with Crippen LogP contribution in [0.1, 0.15) is 43.3 Å². The minimum absolute atomic E-state index is 0.0365. The first-order valence-corrected chi connectivity index (χ1v) is 6.83. The lowest BCUT2D eigenvalue weighted by Gasteiger charge is -2.18. The van der Waals surface area contributed by atoms with E-state index in [4.69, 9.17) is 4.42 Å². The molecular formula is C16H21NO3. The van der Waals surface area contributed by atoms with Crippen LogP contribution in [0.5, 0.6) is 0 Å². The van der Waals surface area contributed by atoms with Gasteiger partial charge in [-0.1, -0.05) is 39.0 Å². The van der Waals surface area contributed by atoms with Crippen molar-refractivity contribution >= 4 is 16.9 Å². The van der Waals surface area contributed by atoms with E-state index in [-0.39, 0.29) is 11.2 Å². The lowest BCUT2D eigenvalue weighted by molar-refractivity contribution is 0.0663. The first-order chi connectivity index (χ1) is 9.38. The van der Waals surface area contributed by atoms with Gasteiger partial charge in [0.05, 0.1) is 0 Å². The highest BCUT2D eigenvalue weighted by Crippen LogP contribution is 2.26. The molecule has 0 spiro atoms. The number of carboxylic acids is 1. The SMILES string of the molecule is CC(C)(C)CCNCc1c(C(=O)O)oc2ccccc12. The van der Waals surface area contributed by atoms with Crippen molar-refractivity contribution in [2.24, 2.45) is 5.41 Å². The van der Waals surface area contributed by atoms with Gasteiger partial charge in [-0.05, 0) is 24.4 Å². The maximum Gasteiger partial charge on any atom is 0.372 e. The molecule has 0 saturated heterocycles. The maximum absolute atomic E-state index is 11.3. The highest BCUT2D eigenvalue weighted by molar-refractivity contribution is 5.95. The molecule has 1 aromatic heterocycles. The van der Waals surface area contributed by atoms with Crippen LogP contribution < -0.4 is 5.32 Å². The van der Waals surface area contributed by atoms with E-state index in [2.05, 4.69) is 26.1 Å². The van der Waals surface area contributed by atoms with Crippen LogP contribution in [-0.2, 0) is 6.54 Å². The summed E-state index contributed by atoms with van der Waals surface area (Å²) in [6.45, 7) is 7.91. The minimum atomic E-state index is -1.02. The quantitative estimate of drug-likeness (QED) is 0.817. The highest BCUT2D eigenvalue weighted by Gasteiger charge is 2.19. The molecular weight excluding hydrogens is 254 g/mol. The van der Waals surface area contributed by atoms with E-state index in [1.807, 2.05) is 18.2 Å². The van der Waals surface area contributed by atoms with Gasteiger partial charge in [-0.25, -0.2) is 4.79 Å². The third-order valence-corrected chi connectivity index (χ3v) is 3.25. The highest BCUT2D eigenvalue weighted by atomic mass is 16.4. The van der Waals surface area contributed by atoms with Crippen LogP contribution in [0.25, 0.3) is 11.0 Å². The van der Waals surface area contributed by atoms with E-state index in [0.717, 1.165) is 23.9 Å². The molecule has 1 aromatic carbocycles. The monoisotopic (exact) mass is 275 g/mol. The van der Waals surface area contributed by atoms with Crippen molar-refractivity contribution in [1.29, 1.82) is 0 Å². The topological polar surface area (TPSA) is 62.5 Å². The van der Waals surface area contributed by atoms with Gasteiger partial charge in [0.2, 0.25) is 5.76 Å². The normalized spacial score (nSPS) is 11.9. The number of carboxylic acid groups (broad SMARTS) is 1. The van der Waals surface area contributed by atoms with Crippen molar-refractivity contribution in [3.8, 4) is 0 Å². The number of para-hydroxylation sites is 1. The summed E-state index contributed by atoms with van der Waals surface area (Å²) in [4.78, 5) is 11.3. The molecule has 0 atom stereocenters. The standard InChI is InChI=1S/C16H21NO3/c1-16(2,3)8-9-17-10-12-11-6-4-5-7-13(11)20-14(12)15(18)19/h4-7,17H,8-10H2,1-3H3,(H,18,19). The van der Waals surface area contributed by atoms with E-state index in [9.17, 15) is 9.90 Å². The summed E-state index contributed by atoms with van der Waals surface area (Å²) >= 11 is 0. The molecule has 0 aliphatic rings. The van der Waals surface area contributed by atoms with Crippen molar-refractivity contribution in [3.05, 3.63) is 35.6 Å². The summed E-state index contributed by atoms with van der Waals surface area (Å²) in [5.41, 5.74) is 1.61. The molecule has 0 bridgehead atoms. The molecule has 0 aliphatic heterocycles. The average molecular weight is 275 g/mol. The Morgan fingerprint density at radius 1 is 1.30 bits per heavy atom. The van der Waals surface area contributed by atoms with E-state index < -0.39 is 5.97 Å². The minimum Gasteiger partial charge on any atom is -0.475 e. The van der Waals surface area contributed by atoms with Gasteiger partial charge in [0.25, 0.3) is 0 Å². The molecule has 0 unspecified atom stereocenters. The van der Waals surface area contributed by atoms with Crippen LogP contribution in [0.3, 0.4) is 0 Å². The number of carbonyl (C=O) groups is 1. The van der Waals surface area contributed by atoms with Gasteiger partial charge in [0.15, 0.2) is 0 Å². The van der Waals surface area contributed by atoms with E-state index >= 15 is 0 Å². The van der Waals surface area contributed by atoms with Crippen molar-refractivity contribution in [2.75, 3.05) is 6.54 Å². The first-order valence-electron chi connectivity index (χ1n) is 6.83. The zero-order valence-corrected chi connectivity index (χ0v) is 12.2. The van der Waals surface area contributed by atoms with Gasteiger partial charge in [0, 0.05) is 17.5 Å². The molecule has 1 heterocycles. The number of hydrogen-bond donors (Lipinski definition) is 2. The van der Waals surface area contributed by atoms with Crippen molar-refractivity contribution in [1.82, 2.24) is 5.32 Å². The number of aromatic carboxylic acids is 1. The number of rotatable bonds is 5. The van der Waals surface area contributed by atoms with Crippen molar-refractivity contribution < 1.29 is 14.3 Å². The fourth-order valence-corrected chi connectivity index (χ4v) is 2.12. The Hall–Kier alpha value is -1.81. The van der Waals surface area contributed by atoms with Gasteiger partial charge in [-0.3, -0.25) is 0 Å². The molecule has 4 heteroatoms. The molecule has 0 radical (unpaired) electrons. The summed E-state index contributed by atoms with van der Waals surface area (Å²) < 4.78 is 5.42. The van der Waals surface area contributed by atoms with Gasteiger partial charge in [0.1, 0.15) is 5.58 Å². The van der Waals surface area contributed by atoms with E-state index in [0.29, 0.717) is 12.1 Å². The summed E-state index contributed by atoms with van der Waals surface area (Å²) in [6, 6.07) is 7.42. The molecule has 2 aromatic rings. The van der Waals surface area contributed by atoms with Gasteiger partial charge >= 0.3 is 5.97 Å². The number of nitrogens with one attached hydrogen (secondary N) is 1. The zero-order valence-electron chi connectivity index (χ0n) is 12.2. The third-order valence-electron chi connectivity index (χ3n) is 3.25. The van der Waals surface area contributed by atoms with Gasteiger partial charge < -0.3 is 14.8 Å². The fraction of sp³-hybridized carbons (Fsp3) is 0.438. The summed E-state index contributed by atoms with van der Waals surface area (Å²) in [5, 5.41) is 13.4. The largest absolute Gasteiger partial charge is 0.475 e. The fourth-order valence-electron chi connectivity index (χ4n) is 2.12. The Labute approximate surface area is 118 Å². The predicted octanol–water partition coefficient (Wildman–Crippen LogP) is 3.66. The summed E-state index contributed by atoms with van der Waals surface area (Å²) in [7, 11) is 0. The van der Waals surface area contributed by atoms with Gasteiger partial charge in [-0.15, -0.1) is 0 Å². The Bertz CT molecular complexity index is 608. The first kappa shape index (κ1) is 14.6. The molecule has 2 N–H and O–H groups in total. The lowest BCUT2D eigenvalue weighted by atomic mass is 9.92. The number of benzene rings is 1. The molecule has 0 fully saturated rings. The second-order valence-electron chi connectivity index (χ2n) is 6.20. The van der Waals surface area contributed by atoms with Crippen molar-refractivity contribution in [3.63, 3.8) is 0 Å². The summed E-state index contributed by atoms with van der Waals surface area (Å²) in [5.74, 6) is -0.983. The predicted molar refractivity (Wildman–Crippen MR) is 79.0 cm³/mol. The molecule has 0 aliphatic carbocycles.